The van der Waals surface area contributed by atoms with Gasteiger partial charge in [-0.1, -0.05) is 59.7 Å². The lowest BCUT2D eigenvalue weighted by Gasteiger charge is -2.10. The normalized spacial score (nSPS) is 10.5. The molecule has 0 aliphatic carbocycles. The Morgan fingerprint density at radius 3 is 1.88 bits per heavy atom. The molecule has 1 aromatic heterocycles. The largest absolute Gasteiger partial charge is 0.311 e. The Morgan fingerprint density at radius 2 is 1.33 bits per heavy atom. The summed E-state index contributed by atoms with van der Waals surface area (Å²) in [6.07, 6.45) is 0. The Hall–Kier alpha value is -2.94. The smallest absolute Gasteiger partial charge is 0.222 e. The summed E-state index contributed by atoms with van der Waals surface area (Å²) in [4.78, 5) is 16.0. The first-order valence-electron chi connectivity index (χ1n) is 7.95. The van der Waals surface area contributed by atoms with Crippen LogP contribution in [0.25, 0.3) is 22.4 Å². The van der Waals surface area contributed by atoms with Crippen molar-refractivity contribution >= 4 is 11.7 Å². The Labute approximate surface area is 142 Å². The minimum absolute atomic E-state index is 0.126. The SMILES string of the molecule is CC(=O)Nc1cc(-c2ccc(C)cc2)cc(-c2ccc(C)cc2)n1. The maximum absolute atomic E-state index is 11.4. The van der Waals surface area contributed by atoms with Gasteiger partial charge in [-0.2, -0.15) is 0 Å². The molecule has 3 nitrogen and oxygen atoms in total. The molecule has 120 valence electrons. The maximum Gasteiger partial charge on any atom is 0.222 e. The Balaban J connectivity index is 2.11. The lowest BCUT2D eigenvalue weighted by molar-refractivity contribution is -0.114. The molecule has 1 N–H and O–H groups in total. The highest BCUT2D eigenvalue weighted by Crippen LogP contribution is 2.28. The fourth-order valence-corrected chi connectivity index (χ4v) is 2.56. The number of anilines is 1. The number of aryl methyl sites for hydroxylation is 2. The number of hydrogen-bond acceptors (Lipinski definition) is 2. The zero-order valence-corrected chi connectivity index (χ0v) is 14.1. The van der Waals surface area contributed by atoms with Crippen LogP contribution in [0, 0.1) is 13.8 Å². The third-order valence-electron chi connectivity index (χ3n) is 3.86. The van der Waals surface area contributed by atoms with E-state index in [-0.39, 0.29) is 5.91 Å². The zero-order chi connectivity index (χ0) is 17.1. The van der Waals surface area contributed by atoms with Gasteiger partial charge in [0.05, 0.1) is 5.69 Å². The van der Waals surface area contributed by atoms with Gasteiger partial charge < -0.3 is 5.32 Å². The van der Waals surface area contributed by atoms with Crippen molar-refractivity contribution < 1.29 is 4.79 Å². The number of rotatable bonds is 3. The van der Waals surface area contributed by atoms with E-state index in [1.807, 2.05) is 18.2 Å². The van der Waals surface area contributed by atoms with E-state index in [0.29, 0.717) is 5.82 Å². The molecule has 0 spiro atoms. The van der Waals surface area contributed by atoms with Crippen LogP contribution in [0.3, 0.4) is 0 Å². The van der Waals surface area contributed by atoms with Crippen molar-refractivity contribution in [2.24, 2.45) is 0 Å². The van der Waals surface area contributed by atoms with E-state index in [2.05, 4.69) is 66.6 Å². The predicted molar refractivity (Wildman–Crippen MR) is 98.9 cm³/mol. The van der Waals surface area contributed by atoms with Gasteiger partial charge in [0, 0.05) is 12.5 Å². The van der Waals surface area contributed by atoms with E-state index in [0.717, 1.165) is 22.4 Å². The number of nitrogens with zero attached hydrogens (tertiary/aromatic N) is 1. The van der Waals surface area contributed by atoms with Crippen molar-refractivity contribution in [3.8, 4) is 22.4 Å². The number of carbonyl (C=O) groups excluding carboxylic acids is 1. The Bertz CT molecular complexity index is 802. The minimum atomic E-state index is -0.126. The van der Waals surface area contributed by atoms with Crippen LogP contribution < -0.4 is 5.32 Å². The van der Waals surface area contributed by atoms with Crippen LogP contribution in [-0.4, -0.2) is 10.9 Å². The lowest BCUT2D eigenvalue weighted by Crippen LogP contribution is -2.08. The quantitative estimate of drug-likeness (QED) is 0.739. The summed E-state index contributed by atoms with van der Waals surface area (Å²) in [5.74, 6) is 0.439. The third kappa shape index (κ3) is 3.69. The van der Waals surface area contributed by atoms with Crippen molar-refractivity contribution in [3.63, 3.8) is 0 Å². The number of amides is 1. The van der Waals surface area contributed by atoms with E-state index in [1.165, 1.54) is 18.1 Å². The first kappa shape index (κ1) is 15.9. The molecule has 1 amide bonds. The summed E-state index contributed by atoms with van der Waals surface area (Å²) < 4.78 is 0. The topological polar surface area (TPSA) is 42.0 Å². The van der Waals surface area contributed by atoms with Crippen LogP contribution in [0.15, 0.2) is 60.7 Å². The van der Waals surface area contributed by atoms with Crippen molar-refractivity contribution in [3.05, 3.63) is 71.8 Å². The van der Waals surface area contributed by atoms with Gasteiger partial charge in [0.15, 0.2) is 0 Å². The van der Waals surface area contributed by atoms with Crippen LogP contribution in [0.4, 0.5) is 5.82 Å². The standard InChI is InChI=1S/C21H20N2O/c1-14-4-8-17(9-5-14)19-12-20(18-10-6-15(2)7-11-18)23-21(13-19)22-16(3)24/h4-13H,1-3H3,(H,22,23,24). The monoisotopic (exact) mass is 316 g/mol. The summed E-state index contributed by atoms with van der Waals surface area (Å²) in [7, 11) is 0. The molecule has 0 saturated heterocycles. The van der Waals surface area contributed by atoms with Crippen LogP contribution in [-0.2, 0) is 4.79 Å². The van der Waals surface area contributed by atoms with Crippen LogP contribution in [0.2, 0.25) is 0 Å². The average Bonchev–Trinajstić information content (AvgIpc) is 2.55. The van der Waals surface area contributed by atoms with E-state index < -0.39 is 0 Å². The third-order valence-corrected chi connectivity index (χ3v) is 3.86. The molecule has 3 heteroatoms. The highest BCUT2D eigenvalue weighted by Gasteiger charge is 2.08. The molecule has 0 saturated carbocycles. The average molecular weight is 316 g/mol. The van der Waals surface area contributed by atoms with Gasteiger partial charge >= 0.3 is 0 Å². The van der Waals surface area contributed by atoms with Gasteiger partial charge in [-0.25, -0.2) is 4.98 Å². The summed E-state index contributed by atoms with van der Waals surface area (Å²) >= 11 is 0. The van der Waals surface area contributed by atoms with Crippen LogP contribution in [0.5, 0.6) is 0 Å². The summed E-state index contributed by atoms with van der Waals surface area (Å²) in [6.45, 7) is 5.62. The molecule has 0 atom stereocenters. The van der Waals surface area contributed by atoms with E-state index in [9.17, 15) is 4.79 Å². The second-order valence-electron chi connectivity index (χ2n) is 6.04. The number of hydrogen-bond donors (Lipinski definition) is 1. The highest BCUT2D eigenvalue weighted by molar-refractivity contribution is 5.89. The molecule has 0 fully saturated rings. The van der Waals surface area contributed by atoms with E-state index in [4.69, 9.17) is 0 Å². The molecule has 0 aliphatic heterocycles. The van der Waals surface area contributed by atoms with Gasteiger partial charge in [0.25, 0.3) is 0 Å². The lowest BCUT2D eigenvalue weighted by atomic mass is 10.0. The molecule has 3 aromatic rings. The van der Waals surface area contributed by atoms with Crippen molar-refractivity contribution in [2.45, 2.75) is 20.8 Å². The fourth-order valence-electron chi connectivity index (χ4n) is 2.56. The van der Waals surface area contributed by atoms with Gasteiger partial charge in [-0.05, 0) is 37.1 Å². The van der Waals surface area contributed by atoms with Gasteiger partial charge in [0.1, 0.15) is 5.82 Å². The summed E-state index contributed by atoms with van der Waals surface area (Å²) in [5.41, 5.74) is 6.43. The molecule has 2 aromatic carbocycles. The Kier molecular flexibility index (Phi) is 4.43. The van der Waals surface area contributed by atoms with Crippen LogP contribution in [0.1, 0.15) is 18.1 Å². The molecular weight excluding hydrogens is 296 g/mol. The zero-order valence-electron chi connectivity index (χ0n) is 14.1. The number of aromatic nitrogens is 1. The Morgan fingerprint density at radius 1 is 0.792 bits per heavy atom. The number of benzene rings is 2. The first-order valence-corrected chi connectivity index (χ1v) is 7.95. The second-order valence-corrected chi connectivity index (χ2v) is 6.04. The van der Waals surface area contributed by atoms with Gasteiger partial charge in [-0.15, -0.1) is 0 Å². The molecular formula is C21H20N2O. The first-order chi connectivity index (χ1) is 11.5. The molecule has 3 rings (SSSR count). The highest BCUT2D eigenvalue weighted by atomic mass is 16.1. The van der Waals surface area contributed by atoms with Gasteiger partial charge in [0.2, 0.25) is 5.91 Å². The second kappa shape index (κ2) is 6.67. The molecule has 0 radical (unpaired) electrons. The molecule has 24 heavy (non-hydrogen) atoms. The van der Waals surface area contributed by atoms with Crippen molar-refractivity contribution in [1.82, 2.24) is 4.98 Å². The van der Waals surface area contributed by atoms with Gasteiger partial charge in [-0.3, -0.25) is 4.79 Å². The summed E-state index contributed by atoms with van der Waals surface area (Å²) in [5, 5.41) is 2.80. The number of carbonyl (C=O) groups is 1. The van der Waals surface area contributed by atoms with E-state index >= 15 is 0 Å². The maximum atomic E-state index is 11.4. The molecule has 0 bridgehead atoms. The predicted octanol–water partition coefficient (Wildman–Crippen LogP) is 4.99. The molecule has 0 unspecified atom stereocenters. The number of nitrogens with one attached hydrogen (secondary N) is 1. The van der Waals surface area contributed by atoms with Crippen LogP contribution >= 0.6 is 0 Å². The van der Waals surface area contributed by atoms with E-state index in [1.54, 1.807) is 0 Å². The fraction of sp³-hybridized carbons (Fsp3) is 0.143. The molecule has 1 heterocycles. The minimum Gasteiger partial charge on any atom is -0.311 e. The summed E-state index contributed by atoms with van der Waals surface area (Å²) in [6, 6.07) is 20.5. The van der Waals surface area contributed by atoms with Crippen molar-refractivity contribution in [1.29, 1.82) is 0 Å². The number of pyridine rings is 1. The van der Waals surface area contributed by atoms with Crippen molar-refractivity contribution in [2.75, 3.05) is 5.32 Å². The molecule has 0 aliphatic rings.